The second-order valence-electron chi connectivity index (χ2n) is 5.36. The first kappa shape index (κ1) is 13.4. The molecule has 3 aromatic rings. The fourth-order valence-corrected chi connectivity index (χ4v) is 3.52. The molecule has 4 rings (SSSR count). The summed E-state index contributed by atoms with van der Waals surface area (Å²) in [6.45, 7) is 0.767. The number of hydrogen-bond donors (Lipinski definition) is 0. The SMILES string of the molecule is O=C(c1cncs1)N1CCCC[C@H]1c1ccn2ccnc2n1. The van der Waals surface area contributed by atoms with Crippen LogP contribution in [0.5, 0.6) is 0 Å². The molecular weight excluding hydrogens is 298 g/mol. The van der Waals surface area contributed by atoms with Crippen LogP contribution in [0.25, 0.3) is 5.78 Å². The van der Waals surface area contributed by atoms with Crippen molar-refractivity contribution in [1.29, 1.82) is 0 Å². The molecule has 1 saturated heterocycles. The molecule has 1 amide bonds. The summed E-state index contributed by atoms with van der Waals surface area (Å²) in [5.74, 6) is 0.727. The van der Waals surface area contributed by atoms with Crippen LogP contribution in [0.1, 0.15) is 40.7 Å². The summed E-state index contributed by atoms with van der Waals surface area (Å²) in [6.07, 6.45) is 10.3. The van der Waals surface area contributed by atoms with Gasteiger partial charge >= 0.3 is 0 Å². The minimum atomic E-state index is 0.0186. The highest BCUT2D eigenvalue weighted by molar-refractivity contribution is 7.11. The highest BCUT2D eigenvalue weighted by Gasteiger charge is 2.30. The third-order valence-electron chi connectivity index (χ3n) is 4.03. The van der Waals surface area contributed by atoms with E-state index >= 15 is 0 Å². The van der Waals surface area contributed by atoms with Crippen molar-refractivity contribution in [2.45, 2.75) is 25.3 Å². The predicted molar refractivity (Wildman–Crippen MR) is 82.7 cm³/mol. The quantitative estimate of drug-likeness (QED) is 0.729. The van der Waals surface area contributed by atoms with Crippen LogP contribution >= 0.6 is 11.3 Å². The van der Waals surface area contributed by atoms with E-state index in [1.54, 1.807) is 17.9 Å². The smallest absolute Gasteiger partial charge is 0.266 e. The number of imidazole rings is 1. The zero-order valence-electron chi connectivity index (χ0n) is 11.9. The van der Waals surface area contributed by atoms with E-state index in [0.29, 0.717) is 10.7 Å². The van der Waals surface area contributed by atoms with Crippen molar-refractivity contribution in [2.75, 3.05) is 6.54 Å². The monoisotopic (exact) mass is 313 g/mol. The summed E-state index contributed by atoms with van der Waals surface area (Å²) in [5, 5.41) is 0. The molecule has 0 aromatic carbocycles. The molecule has 0 unspecified atom stereocenters. The van der Waals surface area contributed by atoms with E-state index < -0.39 is 0 Å². The van der Waals surface area contributed by atoms with Crippen molar-refractivity contribution >= 4 is 23.0 Å². The zero-order valence-corrected chi connectivity index (χ0v) is 12.7. The molecule has 1 aliphatic rings. The van der Waals surface area contributed by atoms with Gasteiger partial charge in [0.05, 0.1) is 23.4 Å². The molecule has 112 valence electrons. The fraction of sp³-hybridized carbons (Fsp3) is 0.333. The molecule has 6 nitrogen and oxygen atoms in total. The second kappa shape index (κ2) is 5.49. The Bertz CT molecular complexity index is 797. The Morgan fingerprint density at radius 2 is 2.27 bits per heavy atom. The third-order valence-corrected chi connectivity index (χ3v) is 4.79. The van der Waals surface area contributed by atoms with E-state index in [2.05, 4.69) is 15.0 Å². The largest absolute Gasteiger partial charge is 0.329 e. The average molecular weight is 313 g/mol. The Morgan fingerprint density at radius 1 is 1.32 bits per heavy atom. The van der Waals surface area contributed by atoms with Crippen LogP contribution in [-0.2, 0) is 0 Å². The van der Waals surface area contributed by atoms with E-state index in [9.17, 15) is 4.79 Å². The summed E-state index contributed by atoms with van der Waals surface area (Å²) in [6, 6.07) is 2.00. The molecule has 0 radical (unpaired) electrons. The Labute approximate surface area is 131 Å². The molecule has 22 heavy (non-hydrogen) atoms. The van der Waals surface area contributed by atoms with Gasteiger partial charge in [-0.25, -0.2) is 9.97 Å². The molecule has 0 saturated carbocycles. The van der Waals surface area contributed by atoms with E-state index in [1.165, 1.54) is 11.3 Å². The van der Waals surface area contributed by atoms with Gasteiger partial charge in [-0.15, -0.1) is 11.3 Å². The van der Waals surface area contributed by atoms with Crippen molar-refractivity contribution in [1.82, 2.24) is 24.3 Å². The molecule has 0 aliphatic carbocycles. The van der Waals surface area contributed by atoms with Gasteiger partial charge in [0.15, 0.2) is 0 Å². The van der Waals surface area contributed by atoms with Crippen molar-refractivity contribution in [3.63, 3.8) is 0 Å². The van der Waals surface area contributed by atoms with Crippen molar-refractivity contribution in [2.24, 2.45) is 0 Å². The Morgan fingerprint density at radius 3 is 3.14 bits per heavy atom. The number of thiazole rings is 1. The van der Waals surface area contributed by atoms with Crippen LogP contribution in [0.4, 0.5) is 0 Å². The molecular formula is C15H15N5OS. The van der Waals surface area contributed by atoms with Gasteiger partial charge in [-0.1, -0.05) is 0 Å². The number of amides is 1. The van der Waals surface area contributed by atoms with Crippen LogP contribution in [0.15, 0.2) is 36.4 Å². The number of piperidine rings is 1. The number of aromatic nitrogens is 4. The molecule has 1 atom stereocenters. The maximum Gasteiger partial charge on any atom is 0.266 e. The summed E-state index contributed by atoms with van der Waals surface area (Å²) in [7, 11) is 0. The average Bonchev–Trinajstić information content (AvgIpc) is 3.24. The molecule has 0 N–H and O–H groups in total. The van der Waals surface area contributed by atoms with Gasteiger partial charge in [-0.3, -0.25) is 14.2 Å². The third kappa shape index (κ3) is 2.27. The predicted octanol–water partition coefficient (Wildman–Crippen LogP) is 2.55. The van der Waals surface area contributed by atoms with E-state index in [1.807, 2.05) is 27.8 Å². The fourth-order valence-electron chi connectivity index (χ4n) is 2.95. The lowest BCUT2D eigenvalue weighted by molar-refractivity contribution is 0.0611. The summed E-state index contributed by atoms with van der Waals surface area (Å²) < 4.78 is 1.88. The summed E-state index contributed by atoms with van der Waals surface area (Å²) in [4.78, 5) is 28.2. The van der Waals surface area contributed by atoms with E-state index in [4.69, 9.17) is 0 Å². The van der Waals surface area contributed by atoms with Gasteiger partial charge in [0.25, 0.3) is 5.91 Å². The molecule has 1 fully saturated rings. The number of rotatable bonds is 2. The Kier molecular flexibility index (Phi) is 3.34. The van der Waals surface area contributed by atoms with Gasteiger partial charge in [-0.05, 0) is 25.3 Å². The minimum absolute atomic E-state index is 0.0186. The topological polar surface area (TPSA) is 63.4 Å². The van der Waals surface area contributed by atoms with Gasteiger partial charge in [0.2, 0.25) is 5.78 Å². The summed E-state index contributed by atoms with van der Waals surface area (Å²) in [5.41, 5.74) is 2.61. The highest BCUT2D eigenvalue weighted by atomic mass is 32.1. The molecule has 7 heteroatoms. The second-order valence-corrected chi connectivity index (χ2v) is 6.25. The number of likely N-dealkylation sites (tertiary alicyclic amines) is 1. The molecule has 0 spiro atoms. The van der Waals surface area contributed by atoms with Crippen molar-refractivity contribution in [3.05, 3.63) is 46.9 Å². The number of hydrogen-bond acceptors (Lipinski definition) is 5. The maximum absolute atomic E-state index is 12.7. The molecule has 0 bridgehead atoms. The number of carbonyl (C=O) groups excluding carboxylic acids is 1. The van der Waals surface area contributed by atoms with Crippen LogP contribution in [0.3, 0.4) is 0 Å². The number of fused-ring (bicyclic) bond motifs is 1. The maximum atomic E-state index is 12.7. The zero-order chi connectivity index (χ0) is 14.9. The van der Waals surface area contributed by atoms with Crippen LogP contribution < -0.4 is 0 Å². The van der Waals surface area contributed by atoms with E-state index in [-0.39, 0.29) is 11.9 Å². The van der Waals surface area contributed by atoms with Crippen LogP contribution in [-0.4, -0.2) is 36.7 Å². The lowest BCUT2D eigenvalue weighted by Crippen LogP contribution is -2.38. The summed E-state index contributed by atoms with van der Waals surface area (Å²) >= 11 is 1.39. The van der Waals surface area contributed by atoms with Gasteiger partial charge < -0.3 is 4.90 Å². The number of carbonyl (C=O) groups is 1. The molecule has 4 heterocycles. The van der Waals surface area contributed by atoms with Gasteiger partial charge in [-0.2, -0.15) is 0 Å². The first-order chi connectivity index (χ1) is 10.8. The minimum Gasteiger partial charge on any atom is -0.329 e. The van der Waals surface area contributed by atoms with E-state index in [0.717, 1.165) is 31.5 Å². The van der Waals surface area contributed by atoms with Crippen LogP contribution in [0.2, 0.25) is 0 Å². The molecule has 1 aliphatic heterocycles. The normalized spacial score (nSPS) is 18.7. The number of nitrogens with zero attached hydrogens (tertiary/aromatic N) is 5. The van der Waals surface area contributed by atoms with Crippen molar-refractivity contribution in [3.8, 4) is 0 Å². The Hall–Kier alpha value is -2.28. The van der Waals surface area contributed by atoms with Gasteiger partial charge in [0.1, 0.15) is 4.88 Å². The standard InChI is InChI=1S/C15H15N5OS/c21-14(13-9-16-10-22-13)20-6-2-1-3-12(20)11-4-7-19-8-5-17-15(19)18-11/h4-5,7-10,12H,1-3,6H2/t12-/m0/s1. The van der Waals surface area contributed by atoms with Gasteiger partial charge in [0, 0.05) is 25.1 Å². The lowest BCUT2D eigenvalue weighted by atomic mass is 9.99. The lowest BCUT2D eigenvalue weighted by Gasteiger charge is -2.35. The van der Waals surface area contributed by atoms with Crippen LogP contribution in [0, 0.1) is 0 Å². The highest BCUT2D eigenvalue weighted by Crippen LogP contribution is 2.31. The Balaban J connectivity index is 1.69. The first-order valence-corrected chi connectivity index (χ1v) is 8.20. The van der Waals surface area contributed by atoms with Crippen molar-refractivity contribution < 1.29 is 4.79 Å². The first-order valence-electron chi connectivity index (χ1n) is 7.32. The molecule has 3 aromatic heterocycles.